The lowest BCUT2D eigenvalue weighted by atomic mass is 9.82. The van der Waals surface area contributed by atoms with E-state index in [1.165, 1.54) is 5.01 Å². The molecule has 1 aromatic rings. The Morgan fingerprint density at radius 3 is 2.26 bits per heavy atom. The second-order valence-electron chi connectivity index (χ2n) is 11.7. The van der Waals surface area contributed by atoms with Crippen LogP contribution in [0.25, 0.3) is 6.08 Å². The smallest absolute Gasteiger partial charge is 0.257 e. The van der Waals surface area contributed by atoms with Gasteiger partial charge < -0.3 is 19.9 Å². The standard InChI is InChI=1S/C32H50N4O7/c1-23(2)22-27(30(37)34-36(32(39)24(3)33)18-21-42-28-16-7-9-19-40-28)26(15-11-14-25-12-5-4-6-13-25)31(38)35-43-29-17-8-10-20-41-29/h4-6,11-14,23-24,26-29H,7-10,15-22,33H2,1-3H3,(H,34,37)(H,35,38)/t24-,26+,27-,28?,29?/m1/s1. The molecule has 3 rings (SSSR count). The second-order valence-corrected chi connectivity index (χ2v) is 11.7. The van der Waals surface area contributed by atoms with Gasteiger partial charge in [0.15, 0.2) is 12.6 Å². The van der Waals surface area contributed by atoms with E-state index in [-0.39, 0.29) is 31.8 Å². The molecule has 240 valence electrons. The van der Waals surface area contributed by atoms with E-state index in [9.17, 15) is 14.4 Å². The van der Waals surface area contributed by atoms with Gasteiger partial charge in [-0.2, -0.15) is 0 Å². The summed E-state index contributed by atoms with van der Waals surface area (Å²) in [6, 6.07) is 8.89. The zero-order chi connectivity index (χ0) is 31.0. The summed E-state index contributed by atoms with van der Waals surface area (Å²) >= 11 is 0. The molecule has 43 heavy (non-hydrogen) atoms. The van der Waals surface area contributed by atoms with Crippen molar-refractivity contribution in [1.29, 1.82) is 0 Å². The Morgan fingerprint density at radius 1 is 0.977 bits per heavy atom. The molecule has 2 aliphatic rings. The number of hydroxylamine groups is 1. The monoisotopic (exact) mass is 602 g/mol. The van der Waals surface area contributed by atoms with E-state index in [2.05, 4.69) is 10.9 Å². The summed E-state index contributed by atoms with van der Waals surface area (Å²) in [5.74, 6) is -2.76. The van der Waals surface area contributed by atoms with E-state index in [1.54, 1.807) is 6.92 Å². The summed E-state index contributed by atoms with van der Waals surface area (Å²) in [6.07, 6.45) is 9.02. The van der Waals surface area contributed by atoms with Gasteiger partial charge in [0.2, 0.25) is 11.8 Å². The molecule has 0 aromatic heterocycles. The number of carbonyl (C=O) groups is 3. The summed E-state index contributed by atoms with van der Waals surface area (Å²) in [5.41, 5.74) is 12.2. The molecule has 0 radical (unpaired) electrons. The first kappa shape index (κ1) is 34.7. The number of carbonyl (C=O) groups excluding carboxylic acids is 3. The molecule has 2 saturated heterocycles. The number of allylic oxidation sites excluding steroid dienone is 1. The number of hydrogen-bond acceptors (Lipinski definition) is 8. The predicted octanol–water partition coefficient (Wildman–Crippen LogP) is 3.69. The van der Waals surface area contributed by atoms with Crippen LogP contribution in [0.3, 0.4) is 0 Å². The van der Waals surface area contributed by atoms with Crippen LogP contribution in [0.2, 0.25) is 0 Å². The number of nitrogens with zero attached hydrogens (tertiary/aromatic N) is 1. The first-order valence-electron chi connectivity index (χ1n) is 15.6. The highest BCUT2D eigenvalue weighted by Crippen LogP contribution is 2.26. The van der Waals surface area contributed by atoms with Crippen LogP contribution in [0.4, 0.5) is 0 Å². The Kier molecular flexibility index (Phi) is 15.1. The molecule has 2 fully saturated rings. The third kappa shape index (κ3) is 12.4. The van der Waals surface area contributed by atoms with Crippen LogP contribution in [0.1, 0.15) is 77.7 Å². The first-order chi connectivity index (χ1) is 20.7. The lowest BCUT2D eigenvalue weighted by Gasteiger charge is -2.31. The van der Waals surface area contributed by atoms with Crippen LogP contribution in [0, 0.1) is 17.8 Å². The second kappa shape index (κ2) is 18.7. The van der Waals surface area contributed by atoms with Crippen molar-refractivity contribution in [2.75, 3.05) is 26.4 Å². The topological polar surface area (TPSA) is 141 Å². The number of nitrogens with one attached hydrogen (secondary N) is 2. The number of rotatable bonds is 15. The molecular weight excluding hydrogens is 552 g/mol. The molecular formula is C32H50N4O7. The summed E-state index contributed by atoms with van der Waals surface area (Å²) in [7, 11) is 0. The average Bonchev–Trinajstić information content (AvgIpc) is 3.01. The first-order valence-corrected chi connectivity index (χ1v) is 15.6. The molecule has 1 aromatic carbocycles. The quantitative estimate of drug-likeness (QED) is 0.258. The largest absolute Gasteiger partial charge is 0.353 e. The summed E-state index contributed by atoms with van der Waals surface area (Å²) in [5, 5.41) is 1.20. The van der Waals surface area contributed by atoms with Crippen molar-refractivity contribution in [2.45, 2.75) is 90.8 Å². The van der Waals surface area contributed by atoms with E-state index in [1.807, 2.05) is 56.3 Å². The van der Waals surface area contributed by atoms with Gasteiger partial charge in [0, 0.05) is 19.6 Å². The Morgan fingerprint density at radius 2 is 1.65 bits per heavy atom. The van der Waals surface area contributed by atoms with Crippen LogP contribution in [-0.2, 0) is 33.4 Å². The molecule has 0 bridgehead atoms. The molecule has 4 N–H and O–H groups in total. The summed E-state index contributed by atoms with van der Waals surface area (Å²) in [4.78, 5) is 46.1. The maximum absolute atomic E-state index is 13.9. The maximum Gasteiger partial charge on any atom is 0.257 e. The zero-order valence-electron chi connectivity index (χ0n) is 25.9. The normalized spacial score (nSPS) is 21.2. The molecule has 0 aliphatic carbocycles. The average molecular weight is 603 g/mol. The van der Waals surface area contributed by atoms with E-state index in [4.69, 9.17) is 24.8 Å². The van der Waals surface area contributed by atoms with Crippen molar-refractivity contribution < 1.29 is 33.4 Å². The number of benzene rings is 1. The molecule has 3 amide bonds. The van der Waals surface area contributed by atoms with Crippen molar-refractivity contribution in [3.05, 3.63) is 42.0 Å². The fraction of sp³-hybridized carbons (Fsp3) is 0.656. The Balaban J connectivity index is 1.75. The number of nitrogens with two attached hydrogens (primary N) is 1. The van der Waals surface area contributed by atoms with Crippen molar-refractivity contribution in [1.82, 2.24) is 15.9 Å². The van der Waals surface area contributed by atoms with Crippen molar-refractivity contribution in [3.63, 3.8) is 0 Å². The molecule has 11 heteroatoms. The van der Waals surface area contributed by atoms with Crippen molar-refractivity contribution in [3.8, 4) is 0 Å². The van der Waals surface area contributed by atoms with E-state index in [0.29, 0.717) is 26.1 Å². The zero-order valence-corrected chi connectivity index (χ0v) is 25.9. The van der Waals surface area contributed by atoms with Gasteiger partial charge in [0.1, 0.15) is 0 Å². The van der Waals surface area contributed by atoms with E-state index < -0.39 is 41.9 Å². The van der Waals surface area contributed by atoms with Gasteiger partial charge in [-0.05, 0) is 63.4 Å². The molecule has 0 spiro atoms. The predicted molar refractivity (Wildman–Crippen MR) is 162 cm³/mol. The van der Waals surface area contributed by atoms with Gasteiger partial charge in [-0.25, -0.2) is 10.3 Å². The van der Waals surface area contributed by atoms with E-state index >= 15 is 0 Å². The Hall–Kier alpha value is -2.83. The van der Waals surface area contributed by atoms with Gasteiger partial charge in [-0.1, -0.05) is 56.3 Å². The van der Waals surface area contributed by atoms with Gasteiger partial charge >= 0.3 is 0 Å². The fourth-order valence-electron chi connectivity index (χ4n) is 5.14. The third-order valence-electron chi connectivity index (χ3n) is 7.47. The van der Waals surface area contributed by atoms with Gasteiger partial charge in [0.25, 0.3) is 5.91 Å². The van der Waals surface area contributed by atoms with Crippen molar-refractivity contribution in [2.24, 2.45) is 23.5 Å². The van der Waals surface area contributed by atoms with Gasteiger partial charge in [-0.15, -0.1) is 0 Å². The minimum absolute atomic E-state index is 0.0906. The molecule has 2 heterocycles. The molecule has 11 nitrogen and oxygen atoms in total. The highest BCUT2D eigenvalue weighted by atomic mass is 16.8. The summed E-state index contributed by atoms with van der Waals surface area (Å²) in [6.45, 7) is 7.01. The van der Waals surface area contributed by atoms with Crippen molar-refractivity contribution >= 4 is 23.8 Å². The third-order valence-corrected chi connectivity index (χ3v) is 7.47. The van der Waals surface area contributed by atoms with Crippen LogP contribution in [-0.4, -0.2) is 67.7 Å². The molecule has 0 saturated carbocycles. The van der Waals surface area contributed by atoms with Gasteiger partial charge in [-0.3, -0.25) is 24.8 Å². The highest BCUT2D eigenvalue weighted by Gasteiger charge is 2.36. The Bertz CT molecular complexity index is 1010. The molecule has 2 aliphatic heterocycles. The number of hydrogen-bond donors (Lipinski definition) is 3. The van der Waals surface area contributed by atoms with Crippen LogP contribution in [0.15, 0.2) is 36.4 Å². The number of amides is 3. The maximum atomic E-state index is 13.9. The minimum Gasteiger partial charge on any atom is -0.353 e. The SMILES string of the molecule is CC(C)C[C@@H](C(=O)NN(CCOC1CCCCO1)C(=O)[C@@H](C)N)[C@H](CC=Cc1ccccc1)C(=O)NOC1CCCCO1. The number of ether oxygens (including phenoxy) is 3. The Labute approximate surface area is 255 Å². The van der Waals surface area contributed by atoms with Gasteiger partial charge in [0.05, 0.1) is 31.0 Å². The highest BCUT2D eigenvalue weighted by molar-refractivity contribution is 5.89. The van der Waals surface area contributed by atoms with E-state index in [0.717, 1.165) is 37.7 Å². The lowest BCUT2D eigenvalue weighted by Crippen LogP contribution is -2.55. The fourth-order valence-corrected chi connectivity index (χ4v) is 5.14. The lowest BCUT2D eigenvalue weighted by molar-refractivity contribution is -0.203. The minimum atomic E-state index is -0.841. The van der Waals surface area contributed by atoms with Crippen LogP contribution >= 0.6 is 0 Å². The summed E-state index contributed by atoms with van der Waals surface area (Å²) < 4.78 is 17.0. The molecule has 2 unspecified atom stereocenters. The van der Waals surface area contributed by atoms with Crippen LogP contribution < -0.4 is 16.6 Å². The van der Waals surface area contributed by atoms with Crippen LogP contribution in [0.5, 0.6) is 0 Å². The molecule has 5 atom stereocenters. The number of hydrazine groups is 1.